The summed E-state index contributed by atoms with van der Waals surface area (Å²) in [5, 5.41) is 0. The van der Waals surface area contributed by atoms with Crippen molar-refractivity contribution in [3.8, 4) is 0 Å². The first-order valence-corrected chi connectivity index (χ1v) is 4.88. The van der Waals surface area contributed by atoms with Crippen molar-refractivity contribution >= 4 is 6.16 Å². The normalized spacial score (nSPS) is 10.9. The Kier molecular flexibility index (Phi) is 8.65. The first kappa shape index (κ1) is 15.0. The van der Waals surface area contributed by atoms with E-state index < -0.39 is 19.0 Å². The van der Waals surface area contributed by atoms with Crippen LogP contribution in [0.3, 0.4) is 0 Å². The molecule has 0 aliphatic rings. The first-order chi connectivity index (χ1) is 7.52. The summed E-state index contributed by atoms with van der Waals surface area (Å²) >= 11 is 0. The topological polar surface area (TPSA) is 35.5 Å². The van der Waals surface area contributed by atoms with E-state index in [9.17, 15) is 22.4 Å². The summed E-state index contributed by atoms with van der Waals surface area (Å²) in [5.74, 6) is 0. The third-order valence-corrected chi connectivity index (χ3v) is 1.57. The van der Waals surface area contributed by atoms with Gasteiger partial charge in [-0.2, -0.15) is 0 Å². The third kappa shape index (κ3) is 11.1. The van der Waals surface area contributed by atoms with Crippen LogP contribution in [0.1, 0.15) is 25.7 Å². The molecule has 7 heteroatoms. The van der Waals surface area contributed by atoms with Crippen LogP contribution in [0.5, 0.6) is 0 Å². The molecule has 0 saturated heterocycles. The van der Waals surface area contributed by atoms with Gasteiger partial charge in [-0.1, -0.05) is 0 Å². The molecule has 0 aromatic rings. The Morgan fingerprint density at radius 2 is 1.25 bits per heavy atom. The van der Waals surface area contributed by atoms with Gasteiger partial charge in [0.2, 0.25) is 12.9 Å². The molecule has 0 bridgehead atoms. The number of halogens is 4. The summed E-state index contributed by atoms with van der Waals surface area (Å²) in [7, 11) is 0. The van der Waals surface area contributed by atoms with E-state index in [1.54, 1.807) is 0 Å². The van der Waals surface area contributed by atoms with Gasteiger partial charge in [0, 0.05) is 12.8 Å². The van der Waals surface area contributed by atoms with E-state index in [2.05, 4.69) is 9.47 Å². The van der Waals surface area contributed by atoms with Crippen LogP contribution < -0.4 is 0 Å². The fraction of sp³-hybridized carbons (Fsp3) is 0.889. The lowest BCUT2D eigenvalue weighted by atomic mass is 10.3. The minimum absolute atomic E-state index is 0.0454. The van der Waals surface area contributed by atoms with Crippen molar-refractivity contribution in [2.45, 2.75) is 38.5 Å². The second-order valence-corrected chi connectivity index (χ2v) is 3.01. The Labute approximate surface area is 90.7 Å². The van der Waals surface area contributed by atoms with Gasteiger partial charge in [-0.15, -0.1) is 0 Å². The van der Waals surface area contributed by atoms with Gasteiger partial charge >= 0.3 is 6.16 Å². The fourth-order valence-corrected chi connectivity index (χ4v) is 0.828. The Balaban J connectivity index is 3.25. The van der Waals surface area contributed by atoms with E-state index in [-0.39, 0.29) is 38.9 Å². The molecule has 0 N–H and O–H groups in total. The fourth-order valence-electron chi connectivity index (χ4n) is 0.828. The number of ether oxygens (including phenoxy) is 2. The van der Waals surface area contributed by atoms with Crippen LogP contribution in [0, 0.1) is 0 Å². The van der Waals surface area contributed by atoms with E-state index in [1.165, 1.54) is 0 Å². The zero-order chi connectivity index (χ0) is 12.4. The number of hydrogen-bond donors (Lipinski definition) is 0. The minimum atomic E-state index is -2.43. The van der Waals surface area contributed by atoms with Crippen LogP contribution in [-0.2, 0) is 9.47 Å². The summed E-state index contributed by atoms with van der Waals surface area (Å²) in [6.07, 6.45) is -6.47. The highest BCUT2D eigenvalue weighted by Gasteiger charge is 2.07. The molecule has 3 nitrogen and oxygen atoms in total. The standard InChI is InChI=1S/C9H14F4O3/c10-7(11)3-1-5-15-9(14)16-6-2-4-8(12)13/h7-8H,1-6H2. The van der Waals surface area contributed by atoms with E-state index in [0.717, 1.165) is 0 Å². The van der Waals surface area contributed by atoms with Crippen molar-refractivity contribution in [1.29, 1.82) is 0 Å². The lowest BCUT2D eigenvalue weighted by molar-refractivity contribution is 0.0429. The minimum Gasteiger partial charge on any atom is -0.434 e. The highest BCUT2D eigenvalue weighted by molar-refractivity contribution is 5.59. The van der Waals surface area contributed by atoms with Crippen LogP contribution >= 0.6 is 0 Å². The number of rotatable bonds is 8. The molecule has 96 valence electrons. The first-order valence-electron chi connectivity index (χ1n) is 4.88. The summed E-state index contributed by atoms with van der Waals surface area (Å²) in [6.45, 7) is -0.309. The van der Waals surface area contributed by atoms with Crippen LogP contribution in [0.15, 0.2) is 0 Å². The Morgan fingerprint density at radius 1 is 0.875 bits per heavy atom. The van der Waals surface area contributed by atoms with Gasteiger partial charge in [-0.3, -0.25) is 0 Å². The van der Waals surface area contributed by atoms with Crippen LogP contribution in [0.25, 0.3) is 0 Å². The molecule has 0 spiro atoms. The van der Waals surface area contributed by atoms with Crippen LogP contribution in [0.4, 0.5) is 22.4 Å². The Hall–Kier alpha value is -1.01. The average molecular weight is 246 g/mol. The monoisotopic (exact) mass is 246 g/mol. The van der Waals surface area contributed by atoms with Gasteiger partial charge in [-0.05, 0) is 12.8 Å². The molecule has 0 aliphatic heterocycles. The molecule has 0 aromatic heterocycles. The van der Waals surface area contributed by atoms with Crippen LogP contribution in [-0.4, -0.2) is 32.2 Å². The molecule has 16 heavy (non-hydrogen) atoms. The summed E-state index contributed by atoms with van der Waals surface area (Å²) in [4.78, 5) is 10.7. The summed E-state index contributed by atoms with van der Waals surface area (Å²) in [5.41, 5.74) is 0. The molecule has 0 saturated carbocycles. The number of carbonyl (C=O) groups is 1. The van der Waals surface area contributed by atoms with Crippen molar-refractivity contribution in [1.82, 2.24) is 0 Å². The zero-order valence-corrected chi connectivity index (χ0v) is 8.63. The number of alkyl halides is 4. The lowest BCUT2D eigenvalue weighted by Gasteiger charge is -2.05. The van der Waals surface area contributed by atoms with E-state index >= 15 is 0 Å². The third-order valence-electron chi connectivity index (χ3n) is 1.57. The average Bonchev–Trinajstić information content (AvgIpc) is 2.19. The van der Waals surface area contributed by atoms with Crippen molar-refractivity contribution in [3.05, 3.63) is 0 Å². The van der Waals surface area contributed by atoms with Crippen molar-refractivity contribution in [3.63, 3.8) is 0 Å². The largest absolute Gasteiger partial charge is 0.508 e. The van der Waals surface area contributed by atoms with E-state index in [1.807, 2.05) is 0 Å². The van der Waals surface area contributed by atoms with E-state index in [0.29, 0.717) is 0 Å². The van der Waals surface area contributed by atoms with Gasteiger partial charge in [0.05, 0.1) is 13.2 Å². The predicted molar refractivity (Wildman–Crippen MR) is 47.8 cm³/mol. The summed E-state index contributed by atoms with van der Waals surface area (Å²) < 4.78 is 55.4. The molecule has 0 unspecified atom stereocenters. The highest BCUT2D eigenvalue weighted by Crippen LogP contribution is 2.04. The number of hydrogen-bond acceptors (Lipinski definition) is 3. The molecule has 0 aromatic carbocycles. The Bertz CT molecular complexity index is 170. The smallest absolute Gasteiger partial charge is 0.434 e. The molecule has 0 fully saturated rings. The Morgan fingerprint density at radius 3 is 1.56 bits per heavy atom. The SMILES string of the molecule is O=C(OCCCC(F)F)OCCCC(F)F. The number of carbonyl (C=O) groups excluding carboxylic acids is 1. The molecular weight excluding hydrogens is 232 g/mol. The molecule has 0 heterocycles. The second-order valence-electron chi connectivity index (χ2n) is 3.01. The van der Waals surface area contributed by atoms with Gasteiger partial charge in [0.15, 0.2) is 0 Å². The second kappa shape index (κ2) is 9.23. The van der Waals surface area contributed by atoms with Crippen LogP contribution in [0.2, 0.25) is 0 Å². The van der Waals surface area contributed by atoms with Gasteiger partial charge in [0.25, 0.3) is 0 Å². The van der Waals surface area contributed by atoms with Crippen molar-refractivity contribution < 1.29 is 31.8 Å². The van der Waals surface area contributed by atoms with Crippen molar-refractivity contribution in [2.75, 3.05) is 13.2 Å². The molecule has 0 radical (unpaired) electrons. The molecule has 0 atom stereocenters. The predicted octanol–water partition coefficient (Wildman–Crippen LogP) is 3.23. The molecule has 0 aliphatic carbocycles. The quantitative estimate of drug-likeness (QED) is 0.374. The van der Waals surface area contributed by atoms with E-state index in [4.69, 9.17) is 0 Å². The summed E-state index contributed by atoms with van der Waals surface area (Å²) in [6, 6.07) is 0. The molecule has 0 amide bonds. The molecular formula is C9H14F4O3. The zero-order valence-electron chi connectivity index (χ0n) is 8.63. The van der Waals surface area contributed by atoms with Gasteiger partial charge in [0.1, 0.15) is 0 Å². The maximum Gasteiger partial charge on any atom is 0.508 e. The van der Waals surface area contributed by atoms with Gasteiger partial charge < -0.3 is 9.47 Å². The highest BCUT2D eigenvalue weighted by atomic mass is 19.3. The lowest BCUT2D eigenvalue weighted by Crippen LogP contribution is -2.10. The maximum absolute atomic E-state index is 11.6. The maximum atomic E-state index is 11.6. The van der Waals surface area contributed by atoms with Crippen molar-refractivity contribution in [2.24, 2.45) is 0 Å². The van der Waals surface area contributed by atoms with Gasteiger partial charge in [-0.25, -0.2) is 22.4 Å². The molecule has 0 rings (SSSR count).